The van der Waals surface area contributed by atoms with Crippen molar-refractivity contribution >= 4 is 5.78 Å². The first-order valence-electron chi connectivity index (χ1n) is 6.16. The van der Waals surface area contributed by atoms with Crippen LogP contribution in [-0.4, -0.2) is 19.5 Å². The van der Waals surface area contributed by atoms with Crippen molar-refractivity contribution in [1.82, 2.24) is 0 Å². The number of rotatable bonds is 5. The summed E-state index contributed by atoms with van der Waals surface area (Å²) in [6.45, 7) is 1.63. The van der Waals surface area contributed by atoms with Gasteiger partial charge in [0.1, 0.15) is 5.75 Å². The number of benzene rings is 2. The van der Waals surface area contributed by atoms with Crippen LogP contribution in [0.4, 0.5) is 4.39 Å². The number of ketones is 1. The van der Waals surface area contributed by atoms with Crippen LogP contribution in [0.5, 0.6) is 11.5 Å². The van der Waals surface area contributed by atoms with Gasteiger partial charge in [0.15, 0.2) is 24.0 Å². The molecule has 0 unspecified atom stereocenters. The Morgan fingerprint density at radius 3 is 2.50 bits per heavy atom. The Labute approximate surface area is 117 Å². The molecule has 3 nitrogen and oxygen atoms in total. The predicted molar refractivity (Wildman–Crippen MR) is 74.0 cm³/mol. The molecule has 0 aliphatic carbocycles. The van der Waals surface area contributed by atoms with Crippen LogP contribution in [0.1, 0.15) is 15.9 Å². The number of hydrogen-bond donors (Lipinski definition) is 0. The maximum atomic E-state index is 13.5. The van der Waals surface area contributed by atoms with Crippen LogP contribution in [0, 0.1) is 12.7 Å². The number of aryl methyl sites for hydroxylation is 1. The SMILES string of the molecule is COc1ccc(C(=O)COc2cc(C)ccc2F)cc1. The zero-order valence-electron chi connectivity index (χ0n) is 11.4. The number of carbonyl (C=O) groups excluding carboxylic acids is 1. The number of ether oxygens (including phenoxy) is 2. The molecule has 0 amide bonds. The lowest BCUT2D eigenvalue weighted by molar-refractivity contribution is 0.0918. The molecule has 0 N–H and O–H groups in total. The molecule has 0 fully saturated rings. The quantitative estimate of drug-likeness (QED) is 0.784. The average molecular weight is 274 g/mol. The molecule has 0 saturated heterocycles. The van der Waals surface area contributed by atoms with Crippen molar-refractivity contribution in [1.29, 1.82) is 0 Å². The molecule has 0 aliphatic heterocycles. The van der Waals surface area contributed by atoms with E-state index in [2.05, 4.69) is 0 Å². The molecule has 0 radical (unpaired) electrons. The average Bonchev–Trinajstić information content (AvgIpc) is 2.48. The van der Waals surface area contributed by atoms with E-state index in [1.165, 1.54) is 6.07 Å². The van der Waals surface area contributed by atoms with Crippen LogP contribution in [0.15, 0.2) is 42.5 Å². The molecule has 0 bridgehead atoms. The minimum atomic E-state index is -0.474. The molecule has 0 atom stereocenters. The Morgan fingerprint density at radius 2 is 1.85 bits per heavy atom. The van der Waals surface area contributed by atoms with Gasteiger partial charge in [0.25, 0.3) is 0 Å². The van der Waals surface area contributed by atoms with Crippen molar-refractivity contribution in [2.45, 2.75) is 6.92 Å². The molecule has 0 aromatic heterocycles. The van der Waals surface area contributed by atoms with E-state index < -0.39 is 5.82 Å². The first-order chi connectivity index (χ1) is 9.60. The number of hydrogen-bond acceptors (Lipinski definition) is 3. The third-order valence-corrected chi connectivity index (χ3v) is 2.86. The summed E-state index contributed by atoms with van der Waals surface area (Å²) in [5.41, 5.74) is 1.37. The Morgan fingerprint density at radius 1 is 1.15 bits per heavy atom. The fourth-order valence-corrected chi connectivity index (χ4v) is 1.72. The van der Waals surface area contributed by atoms with Crippen molar-refractivity contribution in [3.05, 3.63) is 59.4 Å². The summed E-state index contributed by atoms with van der Waals surface area (Å²) in [6, 6.07) is 11.2. The molecular weight excluding hydrogens is 259 g/mol. The van der Waals surface area contributed by atoms with E-state index >= 15 is 0 Å². The van der Waals surface area contributed by atoms with E-state index in [1.54, 1.807) is 43.5 Å². The first-order valence-corrected chi connectivity index (χ1v) is 6.16. The Kier molecular flexibility index (Phi) is 4.35. The highest BCUT2D eigenvalue weighted by molar-refractivity contribution is 5.97. The molecule has 2 rings (SSSR count). The summed E-state index contributed by atoms with van der Waals surface area (Å²) in [7, 11) is 1.56. The van der Waals surface area contributed by atoms with Crippen molar-refractivity contribution in [2.24, 2.45) is 0 Å². The van der Waals surface area contributed by atoms with Gasteiger partial charge in [-0.2, -0.15) is 0 Å². The second kappa shape index (κ2) is 6.19. The first kappa shape index (κ1) is 14.1. The fraction of sp³-hybridized carbons (Fsp3) is 0.188. The Hall–Kier alpha value is -2.36. The molecule has 0 heterocycles. The van der Waals surface area contributed by atoms with Gasteiger partial charge in [-0.3, -0.25) is 4.79 Å². The van der Waals surface area contributed by atoms with Crippen molar-refractivity contribution in [3.8, 4) is 11.5 Å². The van der Waals surface area contributed by atoms with E-state index in [-0.39, 0.29) is 18.1 Å². The van der Waals surface area contributed by atoms with Gasteiger partial charge < -0.3 is 9.47 Å². The summed E-state index contributed by atoms with van der Waals surface area (Å²) < 4.78 is 23.7. The summed E-state index contributed by atoms with van der Waals surface area (Å²) in [5, 5.41) is 0. The minimum absolute atomic E-state index is 0.0897. The third-order valence-electron chi connectivity index (χ3n) is 2.86. The zero-order chi connectivity index (χ0) is 14.5. The highest BCUT2D eigenvalue weighted by atomic mass is 19.1. The fourth-order valence-electron chi connectivity index (χ4n) is 1.72. The second-order valence-corrected chi connectivity index (χ2v) is 4.37. The van der Waals surface area contributed by atoms with Crippen LogP contribution in [0.3, 0.4) is 0 Å². The van der Waals surface area contributed by atoms with Crippen LogP contribution >= 0.6 is 0 Å². The molecule has 4 heteroatoms. The molecule has 104 valence electrons. The maximum absolute atomic E-state index is 13.5. The van der Waals surface area contributed by atoms with E-state index in [0.29, 0.717) is 11.3 Å². The predicted octanol–water partition coefficient (Wildman–Crippen LogP) is 3.40. The molecule has 20 heavy (non-hydrogen) atoms. The van der Waals surface area contributed by atoms with Gasteiger partial charge in [0, 0.05) is 5.56 Å². The van der Waals surface area contributed by atoms with Crippen LogP contribution in [0.2, 0.25) is 0 Å². The molecule has 2 aromatic rings. The summed E-state index contributed by atoms with van der Waals surface area (Å²) in [6.07, 6.45) is 0. The Bertz CT molecular complexity index is 606. The lowest BCUT2D eigenvalue weighted by Gasteiger charge is -2.08. The standard InChI is InChI=1S/C16H15FO3/c1-11-3-8-14(17)16(9-11)20-10-15(18)12-4-6-13(19-2)7-5-12/h3-9H,10H2,1-2H3. The van der Waals surface area contributed by atoms with Crippen molar-refractivity contribution in [2.75, 3.05) is 13.7 Å². The highest BCUT2D eigenvalue weighted by Gasteiger charge is 2.09. The van der Waals surface area contributed by atoms with Gasteiger partial charge in [-0.05, 0) is 48.9 Å². The topological polar surface area (TPSA) is 35.5 Å². The van der Waals surface area contributed by atoms with Gasteiger partial charge in [0.2, 0.25) is 0 Å². The molecule has 0 spiro atoms. The lowest BCUT2D eigenvalue weighted by Crippen LogP contribution is -2.12. The summed E-state index contributed by atoms with van der Waals surface area (Å²) in [5.74, 6) is 0.0748. The summed E-state index contributed by atoms with van der Waals surface area (Å²) >= 11 is 0. The van der Waals surface area contributed by atoms with E-state index in [9.17, 15) is 9.18 Å². The number of carbonyl (C=O) groups is 1. The van der Waals surface area contributed by atoms with Crippen LogP contribution in [0.25, 0.3) is 0 Å². The zero-order valence-corrected chi connectivity index (χ0v) is 11.4. The van der Waals surface area contributed by atoms with Gasteiger partial charge in [-0.25, -0.2) is 4.39 Å². The normalized spacial score (nSPS) is 10.2. The molecular formula is C16H15FO3. The molecule has 0 saturated carbocycles. The Balaban J connectivity index is 2.02. The van der Waals surface area contributed by atoms with Gasteiger partial charge in [-0.1, -0.05) is 6.07 Å². The molecule has 0 aliphatic rings. The van der Waals surface area contributed by atoms with Crippen molar-refractivity contribution in [3.63, 3.8) is 0 Å². The van der Waals surface area contributed by atoms with E-state index in [4.69, 9.17) is 9.47 Å². The van der Waals surface area contributed by atoms with Crippen LogP contribution in [-0.2, 0) is 0 Å². The van der Waals surface area contributed by atoms with Crippen molar-refractivity contribution < 1.29 is 18.7 Å². The third kappa shape index (κ3) is 3.35. The number of halogens is 1. The van der Waals surface area contributed by atoms with Crippen LogP contribution < -0.4 is 9.47 Å². The van der Waals surface area contributed by atoms with Gasteiger partial charge in [0.05, 0.1) is 7.11 Å². The highest BCUT2D eigenvalue weighted by Crippen LogP contribution is 2.19. The van der Waals surface area contributed by atoms with Gasteiger partial charge >= 0.3 is 0 Å². The lowest BCUT2D eigenvalue weighted by atomic mass is 10.1. The number of methoxy groups -OCH3 is 1. The van der Waals surface area contributed by atoms with E-state index in [1.807, 2.05) is 6.92 Å². The summed E-state index contributed by atoms with van der Waals surface area (Å²) in [4.78, 5) is 11.9. The largest absolute Gasteiger partial charge is 0.497 e. The maximum Gasteiger partial charge on any atom is 0.200 e. The van der Waals surface area contributed by atoms with E-state index in [0.717, 1.165) is 5.56 Å². The smallest absolute Gasteiger partial charge is 0.200 e. The number of Topliss-reactive ketones (excluding diaryl/α,β-unsaturated/α-hetero) is 1. The second-order valence-electron chi connectivity index (χ2n) is 4.37. The van der Waals surface area contributed by atoms with Gasteiger partial charge in [-0.15, -0.1) is 0 Å². The monoisotopic (exact) mass is 274 g/mol. The minimum Gasteiger partial charge on any atom is -0.497 e. The molecule has 2 aromatic carbocycles.